The third-order valence-electron chi connectivity index (χ3n) is 2.84. The Labute approximate surface area is 123 Å². The predicted octanol–water partition coefficient (Wildman–Crippen LogP) is 3.78. The highest BCUT2D eigenvalue weighted by atomic mass is 32.2. The van der Waals surface area contributed by atoms with Crippen LogP contribution in [0.1, 0.15) is 13.3 Å². The fraction of sp³-hybridized carbons (Fsp3) is 0.188. The van der Waals surface area contributed by atoms with Gasteiger partial charge in [-0.05, 0) is 36.8 Å². The Morgan fingerprint density at radius 1 is 1.20 bits per heavy atom. The molecular weight excluding hydrogens is 268 g/mol. The summed E-state index contributed by atoms with van der Waals surface area (Å²) < 4.78 is 0. The normalized spacial score (nSPS) is 11.8. The van der Waals surface area contributed by atoms with Gasteiger partial charge in [0, 0.05) is 16.3 Å². The average molecular weight is 286 g/mol. The summed E-state index contributed by atoms with van der Waals surface area (Å²) in [5.41, 5.74) is 7.30. The van der Waals surface area contributed by atoms with Gasteiger partial charge in [-0.15, -0.1) is 11.8 Å². The fourth-order valence-corrected chi connectivity index (χ4v) is 2.84. The molecule has 0 aromatic heterocycles. The van der Waals surface area contributed by atoms with E-state index in [1.807, 2.05) is 61.5 Å². The lowest BCUT2D eigenvalue weighted by Gasteiger charge is -2.15. The number of carbonyl (C=O) groups excluding carboxylic acids is 1. The van der Waals surface area contributed by atoms with Crippen LogP contribution in [0.15, 0.2) is 59.5 Å². The van der Waals surface area contributed by atoms with Crippen LogP contribution in [0.3, 0.4) is 0 Å². The lowest BCUT2D eigenvalue weighted by atomic mass is 10.3. The van der Waals surface area contributed by atoms with Crippen molar-refractivity contribution >= 4 is 29.0 Å². The minimum absolute atomic E-state index is 0.0196. The number of amides is 1. The second-order valence-electron chi connectivity index (χ2n) is 4.44. The SMILES string of the molecule is CCC(Sc1cccc(N)c1)C(=O)Nc1ccccc1. The number of thioether (sulfide) groups is 1. The highest BCUT2D eigenvalue weighted by Crippen LogP contribution is 2.27. The van der Waals surface area contributed by atoms with Crippen LogP contribution in [0, 0.1) is 0 Å². The number of rotatable bonds is 5. The lowest BCUT2D eigenvalue weighted by Crippen LogP contribution is -2.24. The average Bonchev–Trinajstić information content (AvgIpc) is 2.46. The highest BCUT2D eigenvalue weighted by Gasteiger charge is 2.17. The predicted molar refractivity (Wildman–Crippen MR) is 85.9 cm³/mol. The first kappa shape index (κ1) is 14.5. The molecule has 0 aliphatic carbocycles. The van der Waals surface area contributed by atoms with Gasteiger partial charge in [0.1, 0.15) is 0 Å². The topological polar surface area (TPSA) is 55.1 Å². The molecule has 2 aromatic rings. The number of nitrogens with one attached hydrogen (secondary N) is 1. The Balaban J connectivity index is 2.02. The Morgan fingerprint density at radius 3 is 2.60 bits per heavy atom. The smallest absolute Gasteiger partial charge is 0.237 e. The van der Waals surface area contributed by atoms with Crippen LogP contribution in [-0.2, 0) is 4.79 Å². The summed E-state index contributed by atoms with van der Waals surface area (Å²) in [6, 6.07) is 17.1. The van der Waals surface area contributed by atoms with Crippen LogP contribution in [-0.4, -0.2) is 11.2 Å². The first-order valence-electron chi connectivity index (χ1n) is 6.57. The third-order valence-corrected chi connectivity index (χ3v) is 4.20. The quantitative estimate of drug-likeness (QED) is 0.649. The molecule has 3 N–H and O–H groups in total. The Bertz CT molecular complexity index is 572. The van der Waals surface area contributed by atoms with Crippen LogP contribution in [0.4, 0.5) is 11.4 Å². The number of hydrogen-bond donors (Lipinski definition) is 2. The molecule has 1 amide bonds. The van der Waals surface area contributed by atoms with Gasteiger partial charge in [-0.3, -0.25) is 4.79 Å². The number of benzene rings is 2. The van der Waals surface area contributed by atoms with Crippen LogP contribution in [0.2, 0.25) is 0 Å². The van der Waals surface area contributed by atoms with E-state index in [1.165, 1.54) is 11.8 Å². The van der Waals surface area contributed by atoms with E-state index in [0.29, 0.717) is 5.69 Å². The first-order valence-corrected chi connectivity index (χ1v) is 7.45. The zero-order valence-corrected chi connectivity index (χ0v) is 12.2. The molecule has 4 heteroatoms. The Kier molecular flexibility index (Phi) is 5.07. The van der Waals surface area contributed by atoms with Gasteiger partial charge in [-0.1, -0.05) is 31.2 Å². The van der Waals surface area contributed by atoms with Gasteiger partial charge in [0.05, 0.1) is 5.25 Å². The van der Waals surface area contributed by atoms with Crippen LogP contribution in [0.5, 0.6) is 0 Å². The van der Waals surface area contributed by atoms with Gasteiger partial charge in [-0.2, -0.15) is 0 Å². The van der Waals surface area contributed by atoms with Crippen LogP contribution < -0.4 is 11.1 Å². The maximum atomic E-state index is 12.3. The molecule has 2 rings (SSSR count). The van der Waals surface area contributed by atoms with Crippen molar-refractivity contribution in [3.8, 4) is 0 Å². The van der Waals surface area contributed by atoms with Gasteiger partial charge < -0.3 is 11.1 Å². The standard InChI is InChI=1S/C16H18N2OS/c1-2-15(20-14-10-6-7-12(17)11-14)16(19)18-13-8-4-3-5-9-13/h3-11,15H,2,17H2,1H3,(H,18,19). The number of anilines is 2. The third kappa shape index (κ3) is 4.03. The number of carbonyl (C=O) groups is 1. The van der Waals surface area contributed by atoms with E-state index in [1.54, 1.807) is 0 Å². The largest absolute Gasteiger partial charge is 0.399 e. The van der Waals surface area contributed by atoms with E-state index in [9.17, 15) is 4.79 Å². The van der Waals surface area contributed by atoms with E-state index in [-0.39, 0.29) is 11.2 Å². The molecule has 1 unspecified atom stereocenters. The van der Waals surface area contributed by atoms with Crippen molar-refractivity contribution in [3.05, 3.63) is 54.6 Å². The molecule has 0 saturated carbocycles. The second kappa shape index (κ2) is 7.01. The molecule has 2 aromatic carbocycles. The van der Waals surface area contributed by atoms with Gasteiger partial charge in [-0.25, -0.2) is 0 Å². The van der Waals surface area contributed by atoms with Crippen LogP contribution >= 0.6 is 11.8 Å². The summed E-state index contributed by atoms with van der Waals surface area (Å²) in [4.78, 5) is 13.3. The zero-order valence-electron chi connectivity index (χ0n) is 11.4. The Morgan fingerprint density at radius 2 is 1.95 bits per heavy atom. The molecule has 1 atom stereocenters. The molecule has 20 heavy (non-hydrogen) atoms. The summed E-state index contributed by atoms with van der Waals surface area (Å²) in [5.74, 6) is 0.0196. The molecular formula is C16H18N2OS. The summed E-state index contributed by atoms with van der Waals surface area (Å²) in [6.07, 6.45) is 0.762. The first-order chi connectivity index (χ1) is 9.69. The van der Waals surface area contributed by atoms with Crippen molar-refractivity contribution in [1.82, 2.24) is 0 Å². The second-order valence-corrected chi connectivity index (χ2v) is 5.72. The molecule has 0 saturated heterocycles. The van der Waals surface area contributed by atoms with Crippen molar-refractivity contribution in [2.75, 3.05) is 11.1 Å². The van der Waals surface area contributed by atoms with E-state index >= 15 is 0 Å². The van der Waals surface area contributed by atoms with E-state index in [4.69, 9.17) is 5.73 Å². The monoisotopic (exact) mass is 286 g/mol. The fourth-order valence-electron chi connectivity index (χ4n) is 1.82. The van der Waals surface area contributed by atoms with Crippen molar-refractivity contribution in [2.45, 2.75) is 23.5 Å². The van der Waals surface area contributed by atoms with Gasteiger partial charge >= 0.3 is 0 Å². The summed E-state index contributed by atoms with van der Waals surface area (Å²) in [6.45, 7) is 2.01. The lowest BCUT2D eigenvalue weighted by molar-refractivity contribution is -0.115. The van der Waals surface area contributed by atoms with Crippen LogP contribution in [0.25, 0.3) is 0 Å². The highest BCUT2D eigenvalue weighted by molar-refractivity contribution is 8.00. The maximum Gasteiger partial charge on any atom is 0.237 e. The summed E-state index contributed by atoms with van der Waals surface area (Å²) in [7, 11) is 0. The van der Waals surface area contributed by atoms with E-state index in [2.05, 4.69) is 5.32 Å². The molecule has 3 nitrogen and oxygen atoms in total. The van der Waals surface area contributed by atoms with E-state index in [0.717, 1.165) is 17.0 Å². The molecule has 0 heterocycles. The van der Waals surface area contributed by atoms with Gasteiger partial charge in [0.2, 0.25) is 5.91 Å². The summed E-state index contributed by atoms with van der Waals surface area (Å²) >= 11 is 1.54. The molecule has 0 aliphatic rings. The number of nitrogen functional groups attached to an aromatic ring is 1. The van der Waals surface area contributed by atoms with Crippen molar-refractivity contribution in [3.63, 3.8) is 0 Å². The number of nitrogens with two attached hydrogens (primary N) is 1. The van der Waals surface area contributed by atoms with Gasteiger partial charge in [0.25, 0.3) is 0 Å². The Hall–Kier alpha value is -1.94. The van der Waals surface area contributed by atoms with E-state index < -0.39 is 0 Å². The minimum Gasteiger partial charge on any atom is -0.399 e. The molecule has 0 fully saturated rings. The van der Waals surface area contributed by atoms with Crippen molar-refractivity contribution < 1.29 is 4.79 Å². The summed E-state index contributed by atoms with van der Waals surface area (Å²) in [5, 5.41) is 2.81. The minimum atomic E-state index is -0.128. The van der Waals surface area contributed by atoms with Crippen molar-refractivity contribution in [2.24, 2.45) is 0 Å². The molecule has 0 spiro atoms. The molecule has 104 valence electrons. The molecule has 0 bridgehead atoms. The zero-order chi connectivity index (χ0) is 14.4. The molecule has 0 aliphatic heterocycles. The van der Waals surface area contributed by atoms with Crippen molar-refractivity contribution in [1.29, 1.82) is 0 Å². The molecule has 0 radical (unpaired) electrons. The maximum absolute atomic E-state index is 12.3. The van der Waals surface area contributed by atoms with Gasteiger partial charge in [0.15, 0.2) is 0 Å². The number of hydrogen-bond acceptors (Lipinski definition) is 3. The number of para-hydroxylation sites is 1.